The Morgan fingerprint density at radius 2 is 2.18 bits per heavy atom. The molecule has 0 radical (unpaired) electrons. The van der Waals surface area contributed by atoms with Crippen LogP contribution in [0.4, 0.5) is 0 Å². The molecule has 2 unspecified atom stereocenters. The highest BCUT2D eigenvalue weighted by atomic mass is 32.2. The second-order valence-corrected chi connectivity index (χ2v) is 5.04. The molecule has 0 aliphatic carbocycles. The number of carboxylic acid groups (broad SMARTS) is 1. The van der Waals surface area contributed by atoms with Crippen LogP contribution >= 0.6 is 11.8 Å². The fourth-order valence-electron chi connectivity index (χ4n) is 2.03. The minimum absolute atomic E-state index is 0.290. The summed E-state index contributed by atoms with van der Waals surface area (Å²) in [5.74, 6) is -1.67. The Morgan fingerprint density at radius 3 is 2.71 bits per heavy atom. The molecule has 2 amide bonds. The Hall–Kier alpha value is -1.50. The third-order valence-corrected chi connectivity index (χ3v) is 4.06. The van der Waals surface area contributed by atoms with Crippen LogP contribution in [-0.4, -0.2) is 45.2 Å². The second kappa shape index (κ2) is 4.06. The Balaban J connectivity index is 2.21. The molecular weight excluding hydrogens is 244 g/mol. The van der Waals surface area contributed by atoms with E-state index in [1.54, 1.807) is 12.3 Å². The lowest BCUT2D eigenvalue weighted by Gasteiger charge is -2.51. The van der Waals surface area contributed by atoms with Crippen molar-refractivity contribution in [3.05, 3.63) is 11.0 Å². The van der Waals surface area contributed by atoms with Crippen molar-refractivity contribution in [2.45, 2.75) is 31.3 Å². The van der Waals surface area contributed by atoms with Crippen molar-refractivity contribution in [2.75, 3.05) is 0 Å². The standard InChI is InChI=1S/C10H12N2O4S/c1-4-3-17-9-6(11-5(2)13)8(14)12(9)7(4)10(15)16/h3,6-7,9H,1-2H3,(H,11,13)(H,15,16)/t6?,7?,9-/m0/s1. The van der Waals surface area contributed by atoms with Gasteiger partial charge in [0.15, 0.2) is 6.04 Å². The Morgan fingerprint density at radius 1 is 1.53 bits per heavy atom. The molecule has 2 heterocycles. The van der Waals surface area contributed by atoms with Crippen LogP contribution in [0.3, 0.4) is 0 Å². The first-order chi connectivity index (χ1) is 7.93. The molecule has 6 nitrogen and oxygen atoms in total. The van der Waals surface area contributed by atoms with Crippen LogP contribution in [0.15, 0.2) is 11.0 Å². The number of aliphatic carboxylic acids is 1. The van der Waals surface area contributed by atoms with Gasteiger partial charge in [-0.15, -0.1) is 11.8 Å². The van der Waals surface area contributed by atoms with E-state index >= 15 is 0 Å². The topological polar surface area (TPSA) is 86.7 Å². The van der Waals surface area contributed by atoms with Gasteiger partial charge in [-0.25, -0.2) is 4.79 Å². The average Bonchev–Trinajstić information content (AvgIpc) is 2.24. The quantitative estimate of drug-likeness (QED) is 0.666. The Labute approximate surface area is 102 Å². The summed E-state index contributed by atoms with van der Waals surface area (Å²) < 4.78 is 0. The van der Waals surface area contributed by atoms with Crippen molar-refractivity contribution in [3.63, 3.8) is 0 Å². The summed E-state index contributed by atoms with van der Waals surface area (Å²) >= 11 is 1.36. The minimum atomic E-state index is -1.04. The molecule has 0 aromatic rings. The molecule has 0 aromatic carbocycles. The van der Waals surface area contributed by atoms with Crippen molar-refractivity contribution in [3.8, 4) is 0 Å². The average molecular weight is 256 g/mol. The lowest BCUT2D eigenvalue weighted by molar-refractivity contribution is -0.160. The number of hydrogen-bond acceptors (Lipinski definition) is 4. The van der Waals surface area contributed by atoms with Crippen LogP contribution in [0.25, 0.3) is 0 Å². The number of nitrogens with zero attached hydrogens (tertiary/aromatic N) is 1. The van der Waals surface area contributed by atoms with Gasteiger partial charge in [0.2, 0.25) is 11.8 Å². The summed E-state index contributed by atoms with van der Waals surface area (Å²) in [7, 11) is 0. The second-order valence-electron chi connectivity index (χ2n) is 4.05. The lowest BCUT2D eigenvalue weighted by Crippen LogP contribution is -2.73. The van der Waals surface area contributed by atoms with Crippen LogP contribution in [0.1, 0.15) is 13.8 Å². The first-order valence-corrected chi connectivity index (χ1v) is 6.02. The van der Waals surface area contributed by atoms with Gasteiger partial charge in [0.1, 0.15) is 11.4 Å². The molecular formula is C10H12N2O4S. The normalized spacial score (nSPS) is 31.2. The largest absolute Gasteiger partial charge is 0.479 e. The fourth-order valence-corrected chi connectivity index (χ4v) is 3.21. The number of nitrogens with one attached hydrogen (secondary N) is 1. The van der Waals surface area contributed by atoms with Gasteiger partial charge in [0, 0.05) is 6.92 Å². The van der Waals surface area contributed by atoms with Gasteiger partial charge < -0.3 is 15.3 Å². The number of β-lactam (4-membered cyclic amide) rings is 1. The van der Waals surface area contributed by atoms with E-state index in [2.05, 4.69) is 5.32 Å². The zero-order valence-electron chi connectivity index (χ0n) is 9.34. The van der Waals surface area contributed by atoms with Gasteiger partial charge in [0.25, 0.3) is 0 Å². The highest BCUT2D eigenvalue weighted by molar-refractivity contribution is 8.02. The molecule has 2 aliphatic heterocycles. The minimum Gasteiger partial charge on any atom is -0.479 e. The van der Waals surface area contributed by atoms with Gasteiger partial charge in [-0.1, -0.05) is 0 Å². The Bertz CT molecular complexity index is 434. The molecule has 0 spiro atoms. The third kappa shape index (κ3) is 1.80. The summed E-state index contributed by atoms with van der Waals surface area (Å²) in [5.41, 5.74) is 0.633. The number of rotatable bonds is 2. The molecule has 1 fully saturated rings. The zero-order chi connectivity index (χ0) is 12.7. The maximum Gasteiger partial charge on any atom is 0.330 e. The molecule has 2 rings (SSSR count). The summed E-state index contributed by atoms with van der Waals surface area (Å²) in [6.45, 7) is 3.01. The molecule has 2 aliphatic rings. The van der Waals surface area contributed by atoms with E-state index in [-0.39, 0.29) is 17.2 Å². The first kappa shape index (κ1) is 12.0. The molecule has 0 saturated carbocycles. The van der Waals surface area contributed by atoms with Crippen molar-refractivity contribution in [1.82, 2.24) is 10.2 Å². The van der Waals surface area contributed by atoms with Crippen LogP contribution < -0.4 is 5.32 Å². The summed E-state index contributed by atoms with van der Waals surface area (Å²) in [4.78, 5) is 35.1. The number of carbonyl (C=O) groups excluding carboxylic acids is 2. The van der Waals surface area contributed by atoms with Gasteiger partial charge in [-0.3, -0.25) is 9.59 Å². The van der Waals surface area contributed by atoms with Crippen LogP contribution in [-0.2, 0) is 14.4 Å². The number of amides is 2. The number of carbonyl (C=O) groups is 3. The van der Waals surface area contributed by atoms with Crippen molar-refractivity contribution < 1.29 is 19.5 Å². The van der Waals surface area contributed by atoms with E-state index in [0.717, 1.165) is 0 Å². The highest BCUT2D eigenvalue weighted by Crippen LogP contribution is 2.39. The number of thioether (sulfide) groups is 1. The predicted octanol–water partition coefficient (Wildman–Crippen LogP) is -0.237. The molecule has 1 saturated heterocycles. The van der Waals surface area contributed by atoms with E-state index in [0.29, 0.717) is 5.57 Å². The SMILES string of the molecule is CC(=O)NC1C(=O)N2C(C(=O)O)C(C)=CS[C@@H]12. The maximum absolute atomic E-state index is 11.8. The predicted molar refractivity (Wildman–Crippen MR) is 61.0 cm³/mol. The fraction of sp³-hybridized carbons (Fsp3) is 0.500. The number of fused-ring (bicyclic) bond motifs is 1. The molecule has 0 bridgehead atoms. The van der Waals surface area contributed by atoms with Crippen molar-refractivity contribution in [2.24, 2.45) is 0 Å². The number of carboxylic acids is 1. The monoisotopic (exact) mass is 256 g/mol. The number of hydrogen-bond donors (Lipinski definition) is 2. The molecule has 0 aromatic heterocycles. The third-order valence-electron chi connectivity index (χ3n) is 2.78. The van der Waals surface area contributed by atoms with Crippen molar-refractivity contribution in [1.29, 1.82) is 0 Å². The van der Waals surface area contributed by atoms with Gasteiger partial charge in [-0.2, -0.15) is 0 Å². The molecule has 17 heavy (non-hydrogen) atoms. The van der Waals surface area contributed by atoms with Crippen LogP contribution in [0.5, 0.6) is 0 Å². The Kier molecular flexibility index (Phi) is 2.86. The molecule has 92 valence electrons. The van der Waals surface area contributed by atoms with Gasteiger partial charge in [0.05, 0.1) is 0 Å². The molecule has 2 N–H and O–H groups in total. The maximum atomic E-state index is 11.8. The van der Waals surface area contributed by atoms with E-state index in [1.165, 1.54) is 23.6 Å². The van der Waals surface area contributed by atoms with E-state index in [1.807, 2.05) is 0 Å². The summed E-state index contributed by atoms with van der Waals surface area (Å²) in [6, 6.07) is -1.51. The summed E-state index contributed by atoms with van der Waals surface area (Å²) in [5, 5.41) is 13.0. The van der Waals surface area contributed by atoms with E-state index < -0.39 is 18.1 Å². The molecule has 7 heteroatoms. The highest BCUT2D eigenvalue weighted by Gasteiger charge is 2.54. The van der Waals surface area contributed by atoms with Gasteiger partial charge in [-0.05, 0) is 17.9 Å². The lowest BCUT2D eigenvalue weighted by atomic mass is 9.99. The summed E-state index contributed by atoms with van der Waals surface area (Å²) in [6.07, 6.45) is 0. The zero-order valence-corrected chi connectivity index (χ0v) is 10.2. The van der Waals surface area contributed by atoms with Crippen LogP contribution in [0.2, 0.25) is 0 Å². The van der Waals surface area contributed by atoms with Crippen molar-refractivity contribution >= 4 is 29.5 Å². The van der Waals surface area contributed by atoms with E-state index in [4.69, 9.17) is 5.11 Å². The van der Waals surface area contributed by atoms with Crippen LogP contribution in [0, 0.1) is 0 Å². The van der Waals surface area contributed by atoms with E-state index in [9.17, 15) is 14.4 Å². The molecule has 3 atom stereocenters. The van der Waals surface area contributed by atoms with Gasteiger partial charge >= 0.3 is 5.97 Å². The smallest absolute Gasteiger partial charge is 0.330 e. The first-order valence-electron chi connectivity index (χ1n) is 5.07.